The van der Waals surface area contributed by atoms with Gasteiger partial charge < -0.3 is 24.1 Å². The summed E-state index contributed by atoms with van der Waals surface area (Å²) in [6.45, 7) is 2.39. The molecule has 0 saturated heterocycles. The standard InChI is InChI=1S/C30H25FN4O5/c1-4-35-16-21(18-7-9-19(31)10-8-18)28(36)22(17-35)30(37)34-29-25(6-5-12-33-29)40-24-11-13-32-23-15-27(39-3)26(38-2)14-20(23)24/h5-17H,4H2,1-3H3,(H,33,34,37). The predicted octanol–water partition coefficient (Wildman–Crippen LogP) is 5.68. The Morgan fingerprint density at radius 1 is 0.925 bits per heavy atom. The first-order valence-electron chi connectivity index (χ1n) is 12.4. The summed E-state index contributed by atoms with van der Waals surface area (Å²) >= 11 is 0. The molecule has 10 heteroatoms. The van der Waals surface area contributed by atoms with Crippen LogP contribution in [0, 0.1) is 5.82 Å². The lowest BCUT2D eigenvalue weighted by atomic mass is 10.0. The average Bonchev–Trinajstić information content (AvgIpc) is 2.98. The number of anilines is 1. The summed E-state index contributed by atoms with van der Waals surface area (Å²) in [5.41, 5.74) is 0.809. The van der Waals surface area contributed by atoms with E-state index < -0.39 is 17.2 Å². The van der Waals surface area contributed by atoms with Crippen LogP contribution in [0.2, 0.25) is 0 Å². The molecule has 3 heterocycles. The van der Waals surface area contributed by atoms with Crippen molar-refractivity contribution in [1.29, 1.82) is 0 Å². The van der Waals surface area contributed by atoms with Gasteiger partial charge >= 0.3 is 0 Å². The Morgan fingerprint density at radius 2 is 1.68 bits per heavy atom. The molecule has 0 aliphatic rings. The normalized spacial score (nSPS) is 10.8. The van der Waals surface area contributed by atoms with E-state index >= 15 is 0 Å². The average molecular weight is 541 g/mol. The summed E-state index contributed by atoms with van der Waals surface area (Å²) in [7, 11) is 3.08. The molecule has 5 rings (SSSR count). The highest BCUT2D eigenvalue weighted by Crippen LogP contribution is 2.38. The van der Waals surface area contributed by atoms with Gasteiger partial charge in [0.15, 0.2) is 23.1 Å². The molecule has 202 valence electrons. The number of benzene rings is 2. The van der Waals surface area contributed by atoms with Gasteiger partial charge in [-0.05, 0) is 48.9 Å². The zero-order valence-corrected chi connectivity index (χ0v) is 22.0. The largest absolute Gasteiger partial charge is 0.493 e. The second-order valence-electron chi connectivity index (χ2n) is 8.69. The first-order chi connectivity index (χ1) is 19.4. The summed E-state index contributed by atoms with van der Waals surface area (Å²) in [5, 5.41) is 3.36. The van der Waals surface area contributed by atoms with E-state index in [1.807, 2.05) is 6.92 Å². The molecule has 0 atom stereocenters. The summed E-state index contributed by atoms with van der Waals surface area (Å²) in [4.78, 5) is 35.4. The molecule has 9 nitrogen and oxygen atoms in total. The van der Waals surface area contributed by atoms with Crippen LogP contribution in [0.1, 0.15) is 17.3 Å². The Morgan fingerprint density at radius 3 is 2.40 bits per heavy atom. The first kappa shape index (κ1) is 26.4. The van der Waals surface area contributed by atoms with Gasteiger partial charge in [-0.3, -0.25) is 14.6 Å². The smallest absolute Gasteiger partial charge is 0.262 e. The Hall–Kier alpha value is -5.25. The fraction of sp³-hybridized carbons (Fsp3) is 0.133. The number of aryl methyl sites for hydroxylation is 1. The van der Waals surface area contributed by atoms with Gasteiger partial charge in [-0.25, -0.2) is 9.37 Å². The van der Waals surface area contributed by atoms with Gasteiger partial charge in [-0.2, -0.15) is 0 Å². The van der Waals surface area contributed by atoms with Gasteiger partial charge in [0.25, 0.3) is 5.91 Å². The minimum absolute atomic E-state index is 0.0912. The molecule has 0 aliphatic heterocycles. The Bertz CT molecular complexity index is 1770. The molecule has 0 bridgehead atoms. The van der Waals surface area contributed by atoms with Gasteiger partial charge in [-0.1, -0.05) is 12.1 Å². The zero-order valence-electron chi connectivity index (χ0n) is 22.0. The molecule has 0 radical (unpaired) electrons. The fourth-order valence-electron chi connectivity index (χ4n) is 4.21. The molecule has 1 amide bonds. The first-order valence-corrected chi connectivity index (χ1v) is 12.4. The maximum absolute atomic E-state index is 13.5. The second-order valence-corrected chi connectivity index (χ2v) is 8.69. The summed E-state index contributed by atoms with van der Waals surface area (Å²) in [6, 6.07) is 14.0. The van der Waals surface area contributed by atoms with E-state index in [2.05, 4.69) is 15.3 Å². The molecule has 40 heavy (non-hydrogen) atoms. The van der Waals surface area contributed by atoms with Crippen LogP contribution in [0.25, 0.3) is 22.0 Å². The predicted molar refractivity (Wildman–Crippen MR) is 149 cm³/mol. The molecule has 0 unspecified atom stereocenters. The number of halogens is 1. The number of hydrogen-bond acceptors (Lipinski definition) is 7. The summed E-state index contributed by atoms with van der Waals surface area (Å²) in [6.07, 6.45) is 6.20. The van der Waals surface area contributed by atoms with Gasteiger partial charge in [0, 0.05) is 48.3 Å². The number of amides is 1. The van der Waals surface area contributed by atoms with Crippen molar-refractivity contribution in [3.05, 3.63) is 101 Å². The lowest BCUT2D eigenvalue weighted by Crippen LogP contribution is -2.25. The monoisotopic (exact) mass is 540 g/mol. The molecule has 0 fully saturated rings. The topological polar surface area (TPSA) is 105 Å². The van der Waals surface area contributed by atoms with Gasteiger partial charge in [0.2, 0.25) is 5.43 Å². The van der Waals surface area contributed by atoms with E-state index in [1.165, 1.54) is 43.8 Å². The number of nitrogens with one attached hydrogen (secondary N) is 1. The van der Waals surface area contributed by atoms with Crippen molar-refractivity contribution in [2.75, 3.05) is 19.5 Å². The van der Waals surface area contributed by atoms with Crippen LogP contribution < -0.4 is 25.0 Å². The van der Waals surface area contributed by atoms with Gasteiger partial charge in [0.1, 0.15) is 17.1 Å². The van der Waals surface area contributed by atoms with Crippen LogP contribution >= 0.6 is 0 Å². The highest BCUT2D eigenvalue weighted by molar-refractivity contribution is 6.05. The minimum atomic E-state index is -0.661. The molecule has 1 N–H and O–H groups in total. The lowest BCUT2D eigenvalue weighted by Gasteiger charge is -2.15. The highest BCUT2D eigenvalue weighted by Gasteiger charge is 2.19. The van der Waals surface area contributed by atoms with E-state index in [1.54, 1.807) is 54.4 Å². The zero-order chi connectivity index (χ0) is 28.2. The third-order valence-corrected chi connectivity index (χ3v) is 6.27. The van der Waals surface area contributed by atoms with E-state index in [0.717, 1.165) is 0 Å². The van der Waals surface area contributed by atoms with Crippen molar-refractivity contribution in [2.24, 2.45) is 0 Å². The minimum Gasteiger partial charge on any atom is -0.493 e. The molecule has 0 saturated carbocycles. The molecular formula is C30H25FN4O5. The van der Waals surface area contributed by atoms with Crippen LogP contribution in [0.15, 0.2) is 84.2 Å². The summed E-state index contributed by atoms with van der Waals surface area (Å²) in [5.74, 6) is 0.758. The molecule has 2 aromatic carbocycles. The van der Waals surface area contributed by atoms with E-state index in [-0.39, 0.29) is 22.7 Å². The number of carbonyl (C=O) groups is 1. The number of rotatable bonds is 8. The van der Waals surface area contributed by atoms with Crippen molar-refractivity contribution < 1.29 is 23.4 Å². The van der Waals surface area contributed by atoms with Crippen molar-refractivity contribution in [3.8, 4) is 34.1 Å². The number of ether oxygens (including phenoxy) is 3. The van der Waals surface area contributed by atoms with Crippen LogP contribution in [-0.4, -0.2) is 34.7 Å². The van der Waals surface area contributed by atoms with Crippen LogP contribution in [0.4, 0.5) is 10.2 Å². The number of aromatic nitrogens is 3. The number of nitrogens with zero attached hydrogens (tertiary/aromatic N) is 3. The third kappa shape index (κ3) is 5.19. The van der Waals surface area contributed by atoms with Gasteiger partial charge in [0.05, 0.1) is 19.7 Å². The van der Waals surface area contributed by atoms with Gasteiger partial charge in [-0.15, -0.1) is 0 Å². The molecule has 0 aliphatic carbocycles. The maximum atomic E-state index is 13.5. The van der Waals surface area contributed by atoms with E-state index in [0.29, 0.717) is 40.3 Å². The Balaban J connectivity index is 1.50. The molecule has 3 aromatic heterocycles. The molecular weight excluding hydrogens is 515 g/mol. The third-order valence-electron chi connectivity index (χ3n) is 6.27. The van der Waals surface area contributed by atoms with Crippen LogP contribution in [0.5, 0.6) is 23.0 Å². The summed E-state index contributed by atoms with van der Waals surface area (Å²) < 4.78 is 32.2. The number of pyridine rings is 3. The second kappa shape index (κ2) is 11.2. The number of methoxy groups -OCH3 is 2. The highest BCUT2D eigenvalue weighted by atomic mass is 19.1. The number of hydrogen-bond donors (Lipinski definition) is 1. The quantitative estimate of drug-likeness (QED) is 0.270. The lowest BCUT2D eigenvalue weighted by molar-refractivity contribution is 0.102. The Labute approximate surface area is 228 Å². The van der Waals surface area contributed by atoms with E-state index in [4.69, 9.17) is 14.2 Å². The maximum Gasteiger partial charge on any atom is 0.262 e. The van der Waals surface area contributed by atoms with Crippen molar-refractivity contribution in [3.63, 3.8) is 0 Å². The van der Waals surface area contributed by atoms with E-state index in [9.17, 15) is 14.0 Å². The van der Waals surface area contributed by atoms with Crippen LogP contribution in [0.3, 0.4) is 0 Å². The number of fused-ring (bicyclic) bond motifs is 1. The van der Waals surface area contributed by atoms with Crippen LogP contribution in [-0.2, 0) is 6.54 Å². The SMILES string of the molecule is CCn1cc(C(=O)Nc2ncccc2Oc2ccnc3cc(OC)c(OC)cc23)c(=O)c(-c2ccc(F)cc2)c1. The Kier molecular flexibility index (Phi) is 7.41. The fourth-order valence-corrected chi connectivity index (χ4v) is 4.21. The molecule has 5 aromatic rings. The van der Waals surface area contributed by atoms with Crippen molar-refractivity contribution in [1.82, 2.24) is 14.5 Å². The molecule has 0 spiro atoms. The van der Waals surface area contributed by atoms with Crippen molar-refractivity contribution in [2.45, 2.75) is 13.5 Å². The van der Waals surface area contributed by atoms with Crippen molar-refractivity contribution >= 4 is 22.6 Å². The number of carbonyl (C=O) groups excluding carboxylic acids is 1.